The number of fused-ring (bicyclic) bond motifs is 1. The molecule has 0 spiro atoms. The molecule has 174 valence electrons. The first kappa shape index (κ1) is 23.2. The first-order chi connectivity index (χ1) is 15.5. The zero-order chi connectivity index (χ0) is 24.0. The van der Waals surface area contributed by atoms with Crippen molar-refractivity contribution >= 4 is 45.5 Å². The number of nitrogens with one attached hydrogen (secondary N) is 1. The molecule has 1 saturated heterocycles. The van der Waals surface area contributed by atoms with Crippen molar-refractivity contribution in [1.82, 2.24) is 9.88 Å². The molecule has 2 heterocycles. The molecule has 1 aliphatic heterocycles. The van der Waals surface area contributed by atoms with Crippen LogP contribution >= 0.6 is 23.8 Å². The van der Waals surface area contributed by atoms with Crippen molar-refractivity contribution in [3.05, 3.63) is 53.2 Å². The van der Waals surface area contributed by atoms with Crippen molar-refractivity contribution in [1.29, 1.82) is 0 Å². The quantitative estimate of drug-likeness (QED) is 0.330. The fraction of sp³-hybridized carbons (Fsp3) is 0.238. The second kappa shape index (κ2) is 8.45. The van der Waals surface area contributed by atoms with Gasteiger partial charge < -0.3 is 19.7 Å². The van der Waals surface area contributed by atoms with Crippen molar-refractivity contribution < 1.29 is 31.4 Å². The summed E-state index contributed by atoms with van der Waals surface area (Å²) in [5.74, 6) is -2.75. The standard InChI is InChI=1S/C21H15ClF5N3O2S/c1-31-18-8-16-12(7-13(18)21(25,26)27)17(4-5-28-16)32-11-2-3-15(14(22)6-11)29-19(33)30-9-20(23,24)10-30/h2-8H,9-10H2,1H3,(H,29,33). The van der Waals surface area contributed by atoms with Crippen LogP contribution in [-0.4, -0.2) is 41.1 Å². The van der Waals surface area contributed by atoms with Crippen molar-refractivity contribution in [3.63, 3.8) is 0 Å². The van der Waals surface area contributed by atoms with Crippen LogP contribution < -0.4 is 14.8 Å². The molecule has 0 unspecified atom stereocenters. The molecule has 0 radical (unpaired) electrons. The third-order valence-corrected chi connectivity index (χ3v) is 5.54. The summed E-state index contributed by atoms with van der Waals surface area (Å²) in [6, 6.07) is 7.99. The Balaban J connectivity index is 1.58. The molecule has 3 aromatic rings. The monoisotopic (exact) mass is 503 g/mol. The van der Waals surface area contributed by atoms with E-state index in [0.29, 0.717) is 5.69 Å². The molecule has 0 amide bonds. The highest BCUT2D eigenvalue weighted by Gasteiger charge is 2.45. The Hall–Kier alpha value is -2.92. The van der Waals surface area contributed by atoms with Crippen molar-refractivity contribution in [2.45, 2.75) is 12.1 Å². The molecule has 0 bridgehead atoms. The summed E-state index contributed by atoms with van der Waals surface area (Å²) >= 11 is 11.4. The van der Waals surface area contributed by atoms with Crippen LogP contribution in [0.5, 0.6) is 17.2 Å². The molecule has 0 saturated carbocycles. The van der Waals surface area contributed by atoms with Crippen LogP contribution in [0.4, 0.5) is 27.6 Å². The van der Waals surface area contributed by atoms with Crippen LogP contribution in [0.1, 0.15) is 5.56 Å². The van der Waals surface area contributed by atoms with E-state index in [1.165, 1.54) is 41.4 Å². The van der Waals surface area contributed by atoms with E-state index in [2.05, 4.69) is 10.3 Å². The van der Waals surface area contributed by atoms with Gasteiger partial charge in [0.25, 0.3) is 5.92 Å². The zero-order valence-corrected chi connectivity index (χ0v) is 18.4. The Morgan fingerprint density at radius 1 is 1.15 bits per heavy atom. The summed E-state index contributed by atoms with van der Waals surface area (Å²) in [7, 11) is 1.15. The van der Waals surface area contributed by atoms with E-state index in [4.69, 9.17) is 33.3 Å². The van der Waals surface area contributed by atoms with E-state index in [1.54, 1.807) is 0 Å². The fourth-order valence-electron chi connectivity index (χ4n) is 3.27. The van der Waals surface area contributed by atoms with Crippen LogP contribution in [0.15, 0.2) is 42.6 Å². The highest BCUT2D eigenvalue weighted by molar-refractivity contribution is 7.80. The number of anilines is 1. The number of benzene rings is 2. The molecule has 1 N–H and O–H groups in total. The topological polar surface area (TPSA) is 46.6 Å². The second-order valence-corrected chi connectivity index (χ2v) is 8.06. The van der Waals surface area contributed by atoms with Gasteiger partial charge in [-0.1, -0.05) is 11.6 Å². The van der Waals surface area contributed by atoms with Gasteiger partial charge in [0.05, 0.1) is 42.0 Å². The number of ether oxygens (including phenoxy) is 2. The minimum absolute atomic E-state index is 0.102. The van der Waals surface area contributed by atoms with Gasteiger partial charge in [-0.3, -0.25) is 4.98 Å². The third-order valence-electron chi connectivity index (χ3n) is 4.87. The number of thiocarbonyl (C=S) groups is 1. The maximum Gasteiger partial charge on any atom is 0.419 e. The van der Waals surface area contributed by atoms with Gasteiger partial charge in [-0.05, 0) is 36.5 Å². The number of nitrogens with zero attached hydrogens (tertiary/aromatic N) is 2. The van der Waals surface area contributed by atoms with E-state index >= 15 is 0 Å². The number of hydrogen-bond donors (Lipinski definition) is 1. The Kier molecular flexibility index (Phi) is 5.95. The number of aromatic nitrogens is 1. The van der Waals surface area contributed by atoms with E-state index in [9.17, 15) is 22.0 Å². The van der Waals surface area contributed by atoms with Crippen molar-refractivity contribution in [2.24, 2.45) is 0 Å². The van der Waals surface area contributed by atoms with Gasteiger partial charge in [-0.2, -0.15) is 13.2 Å². The maximum atomic E-state index is 13.4. The number of pyridine rings is 1. The number of rotatable bonds is 4. The summed E-state index contributed by atoms with van der Waals surface area (Å²) in [4.78, 5) is 5.38. The van der Waals surface area contributed by atoms with Crippen LogP contribution in [0, 0.1) is 0 Å². The van der Waals surface area contributed by atoms with Crippen LogP contribution in [-0.2, 0) is 6.18 Å². The molecule has 12 heteroatoms. The SMILES string of the molecule is COc1cc2nccc(Oc3ccc(NC(=S)N4CC(F)(F)C4)c(Cl)c3)c2cc1C(F)(F)F. The lowest BCUT2D eigenvalue weighted by Crippen LogP contribution is -2.59. The van der Waals surface area contributed by atoms with Crippen molar-refractivity contribution in [3.8, 4) is 17.2 Å². The summed E-state index contributed by atoms with van der Waals surface area (Å²) in [5.41, 5.74) is -0.343. The van der Waals surface area contributed by atoms with Gasteiger partial charge in [0.15, 0.2) is 5.11 Å². The molecular formula is C21H15ClF5N3O2S. The number of alkyl halides is 5. The first-order valence-corrected chi connectivity index (χ1v) is 10.2. The average molecular weight is 504 g/mol. The van der Waals surface area contributed by atoms with Gasteiger partial charge >= 0.3 is 6.18 Å². The maximum absolute atomic E-state index is 13.4. The highest BCUT2D eigenvalue weighted by atomic mass is 35.5. The average Bonchev–Trinajstić information content (AvgIpc) is 2.72. The predicted molar refractivity (Wildman–Crippen MR) is 118 cm³/mol. The smallest absolute Gasteiger partial charge is 0.419 e. The van der Waals surface area contributed by atoms with Gasteiger partial charge in [-0.15, -0.1) is 0 Å². The fourth-order valence-corrected chi connectivity index (χ4v) is 3.72. The Labute approximate surface area is 195 Å². The number of halogens is 6. The molecule has 1 aromatic heterocycles. The van der Waals surface area contributed by atoms with Crippen molar-refractivity contribution in [2.75, 3.05) is 25.5 Å². The van der Waals surface area contributed by atoms with Crippen LogP contribution in [0.3, 0.4) is 0 Å². The summed E-state index contributed by atoms with van der Waals surface area (Å²) in [5, 5.41) is 3.20. The van der Waals surface area contributed by atoms with E-state index in [0.717, 1.165) is 13.2 Å². The minimum atomic E-state index is -4.64. The summed E-state index contributed by atoms with van der Waals surface area (Å²) < 4.78 is 77.0. The zero-order valence-electron chi connectivity index (χ0n) is 16.8. The first-order valence-electron chi connectivity index (χ1n) is 9.42. The van der Waals surface area contributed by atoms with Gasteiger partial charge in [0.1, 0.15) is 17.2 Å². The lowest BCUT2D eigenvalue weighted by atomic mass is 10.1. The largest absolute Gasteiger partial charge is 0.496 e. The third kappa shape index (κ3) is 4.88. The minimum Gasteiger partial charge on any atom is -0.496 e. The van der Waals surface area contributed by atoms with E-state index < -0.39 is 30.8 Å². The van der Waals surface area contributed by atoms with E-state index in [1.807, 2.05) is 0 Å². The molecule has 0 atom stereocenters. The van der Waals surface area contributed by atoms with Gasteiger partial charge in [-0.25, -0.2) is 8.78 Å². The molecule has 1 aliphatic rings. The molecule has 5 nitrogen and oxygen atoms in total. The van der Waals surface area contributed by atoms with E-state index in [-0.39, 0.29) is 38.3 Å². The molecule has 4 rings (SSSR count). The summed E-state index contributed by atoms with van der Waals surface area (Å²) in [6.07, 6.45) is -3.24. The van der Waals surface area contributed by atoms with Gasteiger partial charge in [0, 0.05) is 23.7 Å². The van der Waals surface area contributed by atoms with Crippen LogP contribution in [0.25, 0.3) is 10.9 Å². The number of likely N-dealkylation sites (tertiary alicyclic amines) is 1. The number of methoxy groups -OCH3 is 1. The molecule has 1 fully saturated rings. The second-order valence-electron chi connectivity index (χ2n) is 7.26. The lowest BCUT2D eigenvalue weighted by molar-refractivity contribution is -0.138. The molecule has 33 heavy (non-hydrogen) atoms. The molecular weight excluding hydrogens is 489 g/mol. The molecule has 0 aliphatic carbocycles. The van der Waals surface area contributed by atoms with Crippen LogP contribution in [0.2, 0.25) is 5.02 Å². The highest BCUT2D eigenvalue weighted by Crippen LogP contribution is 2.41. The molecule has 2 aromatic carbocycles. The predicted octanol–water partition coefficient (Wildman–Crippen LogP) is 6.36. The Morgan fingerprint density at radius 2 is 1.88 bits per heavy atom. The lowest BCUT2D eigenvalue weighted by Gasteiger charge is -2.40. The Morgan fingerprint density at radius 3 is 2.48 bits per heavy atom. The van der Waals surface area contributed by atoms with Gasteiger partial charge in [0.2, 0.25) is 0 Å². The normalized spacial score (nSPS) is 15.2. The number of hydrogen-bond acceptors (Lipinski definition) is 4. The summed E-state index contributed by atoms with van der Waals surface area (Å²) in [6.45, 7) is -0.949. The Bertz CT molecular complexity index is 1230.